The topological polar surface area (TPSA) is 42.7 Å². The van der Waals surface area contributed by atoms with Gasteiger partial charge in [0.05, 0.1) is 16.8 Å². The van der Waals surface area contributed by atoms with Crippen molar-refractivity contribution < 1.29 is 13.2 Å². The lowest BCUT2D eigenvalue weighted by Crippen LogP contribution is -2.14. The second-order valence-electron chi connectivity index (χ2n) is 4.50. The van der Waals surface area contributed by atoms with Crippen LogP contribution in [0.1, 0.15) is 24.5 Å². The van der Waals surface area contributed by atoms with Crippen LogP contribution in [0.2, 0.25) is 5.02 Å². The number of nitrogens with one attached hydrogen (secondary N) is 1. The highest BCUT2D eigenvalue weighted by atomic mass is 35.5. The van der Waals surface area contributed by atoms with E-state index in [1.54, 1.807) is 12.3 Å². The first-order chi connectivity index (χ1) is 9.91. The molecule has 0 atom stereocenters. The van der Waals surface area contributed by atoms with Gasteiger partial charge in [-0.05, 0) is 24.6 Å². The summed E-state index contributed by atoms with van der Waals surface area (Å²) in [4.78, 5) is 4.08. The molecule has 1 N–H and O–H groups in total. The van der Waals surface area contributed by atoms with Crippen molar-refractivity contribution in [2.24, 2.45) is 0 Å². The summed E-state index contributed by atoms with van der Waals surface area (Å²) in [7, 11) is 0. The molecule has 0 aliphatic heterocycles. The first-order valence-electron chi connectivity index (χ1n) is 6.39. The standard InChI is InChI=1S/C13H14ClF3N4/c1-2-3-18-5-9-4-11(14)12(19-6-9)21-8-10(7-20-21)13(15,16)17/h4,6-8,18H,2-3,5H2,1H3. The fraction of sp³-hybridized carbons (Fsp3) is 0.385. The Morgan fingerprint density at radius 1 is 1.33 bits per heavy atom. The summed E-state index contributed by atoms with van der Waals surface area (Å²) in [5, 5.41) is 7.10. The van der Waals surface area contributed by atoms with Gasteiger partial charge in [0, 0.05) is 18.9 Å². The molecule has 0 aliphatic carbocycles. The van der Waals surface area contributed by atoms with Gasteiger partial charge >= 0.3 is 6.18 Å². The number of aromatic nitrogens is 3. The largest absolute Gasteiger partial charge is 0.419 e. The molecule has 4 nitrogen and oxygen atoms in total. The van der Waals surface area contributed by atoms with Crippen LogP contribution < -0.4 is 5.32 Å². The van der Waals surface area contributed by atoms with Crippen molar-refractivity contribution in [3.8, 4) is 5.82 Å². The number of nitrogens with zero attached hydrogens (tertiary/aromatic N) is 3. The average Bonchev–Trinajstić information content (AvgIpc) is 2.88. The molecule has 0 bridgehead atoms. The zero-order valence-corrected chi connectivity index (χ0v) is 12.0. The van der Waals surface area contributed by atoms with Crippen molar-refractivity contribution in [2.75, 3.05) is 6.54 Å². The Kier molecular flexibility index (Phi) is 4.84. The summed E-state index contributed by atoms with van der Waals surface area (Å²) in [5.41, 5.74) is 0.0226. The quantitative estimate of drug-likeness (QED) is 0.859. The molecule has 0 fully saturated rings. The van der Waals surface area contributed by atoms with Gasteiger partial charge in [-0.1, -0.05) is 18.5 Å². The van der Waals surface area contributed by atoms with Crippen molar-refractivity contribution in [3.05, 3.63) is 40.8 Å². The summed E-state index contributed by atoms with van der Waals surface area (Å²) in [6, 6.07) is 1.67. The van der Waals surface area contributed by atoms with Crippen molar-refractivity contribution in [1.82, 2.24) is 20.1 Å². The number of hydrogen-bond acceptors (Lipinski definition) is 3. The number of halogens is 4. The van der Waals surface area contributed by atoms with Crippen LogP contribution in [-0.4, -0.2) is 21.3 Å². The first-order valence-corrected chi connectivity index (χ1v) is 6.77. The van der Waals surface area contributed by atoms with Crippen molar-refractivity contribution >= 4 is 11.6 Å². The number of alkyl halides is 3. The molecule has 2 heterocycles. The van der Waals surface area contributed by atoms with Crippen molar-refractivity contribution in [3.63, 3.8) is 0 Å². The van der Waals surface area contributed by atoms with Crippen molar-refractivity contribution in [2.45, 2.75) is 26.1 Å². The lowest BCUT2D eigenvalue weighted by atomic mass is 10.2. The molecule has 0 amide bonds. The Morgan fingerprint density at radius 3 is 2.67 bits per heavy atom. The number of rotatable bonds is 5. The summed E-state index contributed by atoms with van der Waals surface area (Å²) < 4.78 is 38.6. The summed E-state index contributed by atoms with van der Waals surface area (Å²) in [5.74, 6) is 0.173. The third kappa shape index (κ3) is 3.95. The van der Waals surface area contributed by atoms with E-state index < -0.39 is 11.7 Å². The molecule has 0 unspecified atom stereocenters. The minimum Gasteiger partial charge on any atom is -0.313 e. The molecule has 0 saturated carbocycles. The lowest BCUT2D eigenvalue weighted by molar-refractivity contribution is -0.137. The minimum absolute atomic E-state index is 0.173. The summed E-state index contributed by atoms with van der Waals surface area (Å²) in [6.07, 6.45) is -0.252. The van der Waals surface area contributed by atoms with E-state index in [1.165, 1.54) is 0 Å². The fourth-order valence-corrected chi connectivity index (χ4v) is 2.01. The Balaban J connectivity index is 2.19. The Labute approximate surface area is 124 Å². The van der Waals surface area contributed by atoms with Crippen molar-refractivity contribution in [1.29, 1.82) is 0 Å². The lowest BCUT2D eigenvalue weighted by Gasteiger charge is -2.07. The highest BCUT2D eigenvalue weighted by Gasteiger charge is 2.32. The Morgan fingerprint density at radius 2 is 2.10 bits per heavy atom. The van der Waals surface area contributed by atoms with E-state index in [4.69, 9.17) is 11.6 Å². The molecule has 21 heavy (non-hydrogen) atoms. The maximum atomic E-state index is 12.5. The van der Waals surface area contributed by atoms with E-state index in [0.29, 0.717) is 6.54 Å². The average molecular weight is 319 g/mol. The molecule has 0 saturated heterocycles. The molecule has 0 radical (unpaired) electrons. The monoisotopic (exact) mass is 318 g/mol. The number of hydrogen-bond donors (Lipinski definition) is 1. The van der Waals surface area contributed by atoms with Gasteiger partial charge in [-0.25, -0.2) is 9.67 Å². The summed E-state index contributed by atoms with van der Waals surface area (Å²) >= 11 is 6.07. The van der Waals surface area contributed by atoms with Crippen LogP contribution in [0.3, 0.4) is 0 Å². The third-order valence-corrected chi connectivity index (χ3v) is 3.04. The van der Waals surface area contributed by atoms with Crippen LogP contribution in [0.15, 0.2) is 24.7 Å². The predicted molar refractivity (Wildman–Crippen MR) is 73.4 cm³/mol. The van der Waals surface area contributed by atoms with E-state index in [1.807, 2.05) is 0 Å². The van der Waals surface area contributed by atoms with Crippen LogP contribution in [0, 0.1) is 0 Å². The SMILES string of the molecule is CCCNCc1cnc(-n2cc(C(F)(F)F)cn2)c(Cl)c1. The second-order valence-corrected chi connectivity index (χ2v) is 4.90. The van der Waals surface area contributed by atoms with E-state index in [2.05, 4.69) is 22.3 Å². The highest BCUT2D eigenvalue weighted by Crippen LogP contribution is 2.29. The smallest absolute Gasteiger partial charge is 0.313 e. The normalized spacial score (nSPS) is 11.9. The molecule has 2 aromatic heterocycles. The van der Waals surface area contributed by atoms with Crippen LogP contribution in [0.25, 0.3) is 5.82 Å². The number of pyridine rings is 1. The Hall–Kier alpha value is -1.60. The van der Waals surface area contributed by atoms with Crippen LogP contribution >= 0.6 is 11.6 Å². The molecule has 0 aromatic carbocycles. The molecular formula is C13H14ClF3N4. The van der Waals surface area contributed by atoms with Gasteiger partial charge < -0.3 is 5.32 Å². The third-order valence-electron chi connectivity index (χ3n) is 2.76. The van der Waals surface area contributed by atoms with Gasteiger partial charge in [0.1, 0.15) is 0 Å². The van der Waals surface area contributed by atoms with Gasteiger partial charge in [-0.15, -0.1) is 0 Å². The molecular weight excluding hydrogens is 305 g/mol. The minimum atomic E-state index is -4.44. The molecule has 8 heteroatoms. The van der Waals surface area contributed by atoms with E-state index >= 15 is 0 Å². The van der Waals surface area contributed by atoms with Gasteiger partial charge in [0.2, 0.25) is 0 Å². The van der Waals surface area contributed by atoms with E-state index in [9.17, 15) is 13.2 Å². The van der Waals surface area contributed by atoms with Crippen LogP contribution in [-0.2, 0) is 12.7 Å². The van der Waals surface area contributed by atoms with Crippen LogP contribution in [0.4, 0.5) is 13.2 Å². The van der Waals surface area contributed by atoms with E-state index in [0.717, 1.165) is 35.6 Å². The first kappa shape index (κ1) is 15.8. The fourth-order valence-electron chi connectivity index (χ4n) is 1.73. The van der Waals surface area contributed by atoms with Gasteiger partial charge in [0.25, 0.3) is 0 Å². The summed E-state index contributed by atoms with van der Waals surface area (Å²) in [6.45, 7) is 3.53. The molecule has 0 spiro atoms. The van der Waals surface area contributed by atoms with Gasteiger partial charge in [-0.3, -0.25) is 0 Å². The maximum absolute atomic E-state index is 12.5. The van der Waals surface area contributed by atoms with Gasteiger partial charge in [0.15, 0.2) is 5.82 Å². The zero-order valence-electron chi connectivity index (χ0n) is 11.3. The maximum Gasteiger partial charge on any atom is 0.419 e. The molecule has 2 aromatic rings. The molecule has 2 rings (SSSR count). The van der Waals surface area contributed by atoms with Gasteiger partial charge in [-0.2, -0.15) is 18.3 Å². The molecule has 0 aliphatic rings. The molecule has 114 valence electrons. The highest BCUT2D eigenvalue weighted by molar-refractivity contribution is 6.32. The Bertz CT molecular complexity index is 610. The predicted octanol–water partition coefficient (Wildman–Crippen LogP) is 3.44. The van der Waals surface area contributed by atoms with E-state index in [-0.39, 0.29) is 10.8 Å². The van der Waals surface area contributed by atoms with Crippen LogP contribution in [0.5, 0.6) is 0 Å². The zero-order chi connectivity index (χ0) is 15.5. The second kappa shape index (κ2) is 6.44.